The molecule has 0 rings (SSSR count). The van der Waals surface area contributed by atoms with Gasteiger partial charge in [-0.05, 0) is 31.1 Å². The van der Waals surface area contributed by atoms with Gasteiger partial charge >= 0.3 is 0 Å². The maximum atomic E-state index is 4.03. The van der Waals surface area contributed by atoms with E-state index in [0.29, 0.717) is 0 Å². The van der Waals surface area contributed by atoms with Crippen LogP contribution in [0.1, 0.15) is 41.0 Å². The average Bonchev–Trinajstić information content (AvgIpc) is 1.88. The number of hydrogen-bond acceptors (Lipinski definition) is 0. The van der Waals surface area contributed by atoms with E-state index in [0.717, 1.165) is 17.8 Å². The molecular formula is C11H22. The van der Waals surface area contributed by atoms with E-state index in [4.69, 9.17) is 0 Å². The molecular weight excluding hydrogens is 132 g/mol. The van der Waals surface area contributed by atoms with E-state index in [-0.39, 0.29) is 0 Å². The van der Waals surface area contributed by atoms with Gasteiger partial charge in [-0.15, -0.1) is 0 Å². The van der Waals surface area contributed by atoms with E-state index in [1.165, 1.54) is 12.0 Å². The highest BCUT2D eigenvalue weighted by Gasteiger charge is 2.18. The zero-order valence-corrected chi connectivity index (χ0v) is 8.65. The van der Waals surface area contributed by atoms with Crippen LogP contribution in [0.2, 0.25) is 0 Å². The first kappa shape index (κ1) is 10.7. The van der Waals surface area contributed by atoms with Crippen molar-refractivity contribution in [3.63, 3.8) is 0 Å². The first-order valence-electron chi connectivity index (χ1n) is 4.66. The van der Waals surface area contributed by atoms with Crippen LogP contribution >= 0.6 is 0 Å². The fraction of sp³-hybridized carbons (Fsp3) is 0.818. The summed E-state index contributed by atoms with van der Waals surface area (Å²) in [4.78, 5) is 0. The summed E-state index contributed by atoms with van der Waals surface area (Å²) in [6.07, 6.45) is 1.23. The lowest BCUT2D eigenvalue weighted by Crippen LogP contribution is -2.17. The predicted octanol–water partition coefficient (Wildman–Crippen LogP) is 3.88. The van der Waals surface area contributed by atoms with Gasteiger partial charge in [0.25, 0.3) is 0 Å². The van der Waals surface area contributed by atoms with E-state index < -0.39 is 0 Å². The standard InChI is InChI=1S/C11H22/c1-7-11(9(4)5)10(6)8(2)3/h8,10-11H,4,7H2,1-3,5-6H3. The van der Waals surface area contributed by atoms with Crippen LogP contribution in [0.3, 0.4) is 0 Å². The average molecular weight is 154 g/mol. The van der Waals surface area contributed by atoms with Gasteiger partial charge in [-0.2, -0.15) is 0 Å². The molecule has 0 aliphatic heterocycles. The Morgan fingerprint density at radius 1 is 1.27 bits per heavy atom. The molecule has 0 saturated carbocycles. The van der Waals surface area contributed by atoms with Gasteiger partial charge in [0.1, 0.15) is 0 Å². The van der Waals surface area contributed by atoms with Crippen LogP contribution < -0.4 is 0 Å². The Hall–Kier alpha value is -0.260. The number of rotatable bonds is 4. The Morgan fingerprint density at radius 3 is 1.82 bits per heavy atom. The summed E-state index contributed by atoms with van der Waals surface area (Å²) in [5.74, 6) is 2.27. The van der Waals surface area contributed by atoms with Gasteiger partial charge in [-0.25, -0.2) is 0 Å². The van der Waals surface area contributed by atoms with E-state index in [9.17, 15) is 0 Å². The first-order valence-corrected chi connectivity index (χ1v) is 4.66. The molecule has 0 heteroatoms. The molecule has 0 aromatic heterocycles. The molecule has 0 radical (unpaired) electrons. The Labute approximate surface area is 71.7 Å². The summed E-state index contributed by atoms with van der Waals surface area (Å²) in [7, 11) is 0. The molecule has 0 aromatic rings. The Kier molecular flexibility index (Phi) is 4.48. The quantitative estimate of drug-likeness (QED) is 0.539. The third-order valence-corrected chi connectivity index (χ3v) is 2.76. The van der Waals surface area contributed by atoms with Crippen molar-refractivity contribution in [2.45, 2.75) is 41.0 Å². The van der Waals surface area contributed by atoms with E-state index in [1.54, 1.807) is 0 Å². The van der Waals surface area contributed by atoms with Crippen LogP contribution in [-0.2, 0) is 0 Å². The van der Waals surface area contributed by atoms with Gasteiger partial charge in [-0.3, -0.25) is 0 Å². The molecule has 0 aliphatic rings. The SMILES string of the molecule is C=C(C)C(CC)C(C)C(C)C. The lowest BCUT2D eigenvalue weighted by molar-refractivity contribution is 0.305. The van der Waals surface area contributed by atoms with E-state index in [1.807, 2.05) is 0 Å². The maximum Gasteiger partial charge on any atom is -0.0183 e. The van der Waals surface area contributed by atoms with Crippen LogP contribution in [0, 0.1) is 17.8 Å². The monoisotopic (exact) mass is 154 g/mol. The molecule has 11 heavy (non-hydrogen) atoms. The fourth-order valence-electron chi connectivity index (χ4n) is 1.63. The predicted molar refractivity (Wildman–Crippen MR) is 52.6 cm³/mol. The van der Waals surface area contributed by atoms with Crippen LogP contribution in [0.4, 0.5) is 0 Å². The molecule has 2 unspecified atom stereocenters. The van der Waals surface area contributed by atoms with Gasteiger partial charge in [0.15, 0.2) is 0 Å². The zero-order valence-electron chi connectivity index (χ0n) is 8.65. The smallest absolute Gasteiger partial charge is 0.0183 e. The highest BCUT2D eigenvalue weighted by atomic mass is 14.2. The van der Waals surface area contributed by atoms with Gasteiger partial charge in [0.2, 0.25) is 0 Å². The summed E-state index contributed by atoms with van der Waals surface area (Å²) < 4.78 is 0. The van der Waals surface area contributed by atoms with Crippen molar-refractivity contribution < 1.29 is 0 Å². The second-order valence-electron chi connectivity index (χ2n) is 3.96. The molecule has 0 aromatic carbocycles. The summed E-state index contributed by atoms with van der Waals surface area (Å²) in [6, 6.07) is 0. The van der Waals surface area contributed by atoms with Crippen LogP contribution in [0.5, 0.6) is 0 Å². The summed E-state index contributed by atoms with van der Waals surface area (Å²) >= 11 is 0. The second-order valence-corrected chi connectivity index (χ2v) is 3.96. The highest BCUT2D eigenvalue weighted by Crippen LogP contribution is 2.28. The highest BCUT2D eigenvalue weighted by molar-refractivity contribution is 4.98. The lowest BCUT2D eigenvalue weighted by Gasteiger charge is -2.26. The molecule has 0 heterocycles. The molecule has 0 aliphatic carbocycles. The van der Waals surface area contributed by atoms with Crippen molar-refractivity contribution in [3.8, 4) is 0 Å². The van der Waals surface area contributed by atoms with Crippen LogP contribution in [0.25, 0.3) is 0 Å². The summed E-state index contributed by atoms with van der Waals surface area (Å²) in [5.41, 5.74) is 1.34. The molecule has 0 N–H and O–H groups in total. The third-order valence-electron chi connectivity index (χ3n) is 2.76. The minimum atomic E-state index is 0.718. The summed E-state index contributed by atoms with van der Waals surface area (Å²) in [5, 5.41) is 0. The molecule has 2 atom stereocenters. The molecule has 0 amide bonds. The Bertz CT molecular complexity index is 122. The Balaban J connectivity index is 4.14. The number of hydrogen-bond donors (Lipinski definition) is 0. The van der Waals surface area contributed by atoms with Crippen LogP contribution in [0.15, 0.2) is 12.2 Å². The van der Waals surface area contributed by atoms with Crippen molar-refractivity contribution in [1.82, 2.24) is 0 Å². The molecule has 0 nitrogen and oxygen atoms in total. The second kappa shape index (κ2) is 4.58. The molecule has 0 spiro atoms. The molecule has 0 saturated heterocycles. The maximum absolute atomic E-state index is 4.03. The Morgan fingerprint density at radius 2 is 1.73 bits per heavy atom. The lowest BCUT2D eigenvalue weighted by atomic mass is 9.80. The van der Waals surface area contributed by atoms with Gasteiger partial charge in [0, 0.05) is 0 Å². The fourth-order valence-corrected chi connectivity index (χ4v) is 1.63. The summed E-state index contributed by atoms with van der Waals surface area (Å²) in [6.45, 7) is 15.3. The van der Waals surface area contributed by atoms with Crippen molar-refractivity contribution in [1.29, 1.82) is 0 Å². The minimum Gasteiger partial charge on any atom is -0.0999 e. The zero-order chi connectivity index (χ0) is 9.02. The first-order chi connectivity index (χ1) is 5.00. The van der Waals surface area contributed by atoms with Crippen molar-refractivity contribution in [2.75, 3.05) is 0 Å². The minimum absolute atomic E-state index is 0.718. The van der Waals surface area contributed by atoms with Gasteiger partial charge < -0.3 is 0 Å². The molecule has 0 bridgehead atoms. The van der Waals surface area contributed by atoms with Gasteiger partial charge in [0.05, 0.1) is 0 Å². The molecule has 0 fully saturated rings. The normalized spacial score (nSPS) is 16.5. The van der Waals surface area contributed by atoms with Gasteiger partial charge in [-0.1, -0.05) is 39.8 Å². The van der Waals surface area contributed by atoms with Crippen molar-refractivity contribution in [3.05, 3.63) is 12.2 Å². The van der Waals surface area contributed by atoms with Crippen molar-refractivity contribution in [2.24, 2.45) is 17.8 Å². The van der Waals surface area contributed by atoms with Crippen molar-refractivity contribution >= 4 is 0 Å². The van der Waals surface area contributed by atoms with E-state index >= 15 is 0 Å². The van der Waals surface area contributed by atoms with E-state index in [2.05, 4.69) is 41.2 Å². The third kappa shape index (κ3) is 3.09. The molecule has 66 valence electrons. The van der Waals surface area contributed by atoms with Crippen LogP contribution in [-0.4, -0.2) is 0 Å². The largest absolute Gasteiger partial charge is 0.0999 e. The topological polar surface area (TPSA) is 0 Å². The number of allylic oxidation sites excluding steroid dienone is 1.